The maximum atomic E-state index is 5.44. The molecule has 1 aromatic carbocycles. The van der Waals surface area contributed by atoms with Gasteiger partial charge in [0.25, 0.3) is 0 Å². The zero-order valence-electron chi connectivity index (χ0n) is 15.6. The molecule has 1 aliphatic heterocycles. The molecule has 1 atom stereocenters. The van der Waals surface area contributed by atoms with Gasteiger partial charge >= 0.3 is 0 Å². The Morgan fingerprint density at radius 3 is 2.48 bits per heavy atom. The molecular formula is C19H34N2OSi. The van der Waals surface area contributed by atoms with Crippen LogP contribution in [-0.4, -0.2) is 64.8 Å². The van der Waals surface area contributed by atoms with Crippen LogP contribution < -0.4 is 5.19 Å². The van der Waals surface area contributed by atoms with E-state index in [0.29, 0.717) is 6.04 Å². The zero-order chi connectivity index (χ0) is 16.9. The highest BCUT2D eigenvalue weighted by Crippen LogP contribution is 2.21. The van der Waals surface area contributed by atoms with Crippen molar-refractivity contribution < 1.29 is 4.74 Å². The molecule has 23 heavy (non-hydrogen) atoms. The van der Waals surface area contributed by atoms with E-state index in [9.17, 15) is 0 Å². The Kier molecular flexibility index (Phi) is 6.83. The highest BCUT2D eigenvalue weighted by atomic mass is 28.3. The van der Waals surface area contributed by atoms with Crippen molar-refractivity contribution in [2.45, 2.75) is 38.5 Å². The van der Waals surface area contributed by atoms with Crippen molar-refractivity contribution in [1.82, 2.24) is 9.80 Å². The van der Waals surface area contributed by atoms with Crippen molar-refractivity contribution in [1.29, 1.82) is 0 Å². The third kappa shape index (κ3) is 5.15. The van der Waals surface area contributed by atoms with E-state index in [1.807, 2.05) is 0 Å². The van der Waals surface area contributed by atoms with E-state index in [1.54, 1.807) is 5.19 Å². The molecule has 3 nitrogen and oxygen atoms in total. The standard InChI is InChI=1S/C19H34N2OSi/c1-17(20(2)3)18-9-6-7-10-19(18)23(4,5)16-8-11-21-12-14-22-15-13-21/h6-7,9-10,17H,8,11-16H2,1-5H3/t17-/m1/s1. The summed E-state index contributed by atoms with van der Waals surface area (Å²) in [6.07, 6.45) is 1.31. The molecule has 0 bridgehead atoms. The average Bonchev–Trinajstić information content (AvgIpc) is 2.55. The minimum atomic E-state index is -1.40. The molecule has 1 heterocycles. The van der Waals surface area contributed by atoms with Gasteiger partial charge in [0.15, 0.2) is 0 Å². The number of rotatable bonds is 7. The molecule has 0 amide bonds. The third-order valence-electron chi connectivity index (χ3n) is 5.29. The fourth-order valence-electron chi connectivity index (χ4n) is 3.46. The lowest BCUT2D eigenvalue weighted by molar-refractivity contribution is 0.0379. The molecule has 0 N–H and O–H groups in total. The summed E-state index contributed by atoms with van der Waals surface area (Å²) in [5, 5.41) is 1.64. The van der Waals surface area contributed by atoms with Gasteiger partial charge in [0.2, 0.25) is 0 Å². The van der Waals surface area contributed by atoms with Gasteiger partial charge < -0.3 is 9.64 Å². The number of ether oxygens (including phenoxy) is 1. The van der Waals surface area contributed by atoms with E-state index >= 15 is 0 Å². The van der Waals surface area contributed by atoms with E-state index in [2.05, 4.69) is 68.2 Å². The second-order valence-electron chi connectivity index (χ2n) is 7.67. The Morgan fingerprint density at radius 1 is 1.17 bits per heavy atom. The Morgan fingerprint density at radius 2 is 1.83 bits per heavy atom. The van der Waals surface area contributed by atoms with Gasteiger partial charge in [-0.2, -0.15) is 0 Å². The summed E-state index contributed by atoms with van der Waals surface area (Å²) < 4.78 is 5.44. The molecule has 0 unspecified atom stereocenters. The second-order valence-corrected chi connectivity index (χ2v) is 12.5. The number of nitrogens with zero attached hydrogens (tertiary/aromatic N) is 2. The summed E-state index contributed by atoms with van der Waals surface area (Å²) in [7, 11) is 2.95. The van der Waals surface area contributed by atoms with Gasteiger partial charge in [-0.1, -0.05) is 48.6 Å². The van der Waals surface area contributed by atoms with E-state index in [4.69, 9.17) is 4.74 Å². The topological polar surface area (TPSA) is 15.7 Å². The largest absolute Gasteiger partial charge is 0.379 e. The van der Waals surface area contributed by atoms with Gasteiger partial charge in [-0.05, 0) is 39.5 Å². The molecule has 0 aliphatic carbocycles. The van der Waals surface area contributed by atoms with E-state index < -0.39 is 8.07 Å². The lowest BCUT2D eigenvalue weighted by Gasteiger charge is -2.32. The van der Waals surface area contributed by atoms with Crippen LogP contribution >= 0.6 is 0 Å². The van der Waals surface area contributed by atoms with Gasteiger partial charge in [-0.15, -0.1) is 0 Å². The molecule has 0 radical (unpaired) electrons. The number of benzene rings is 1. The molecular weight excluding hydrogens is 300 g/mol. The van der Waals surface area contributed by atoms with Crippen molar-refractivity contribution in [2.75, 3.05) is 46.9 Å². The molecule has 1 aromatic rings. The van der Waals surface area contributed by atoms with Crippen LogP contribution in [0, 0.1) is 0 Å². The number of morpholine rings is 1. The third-order valence-corrected chi connectivity index (χ3v) is 8.81. The van der Waals surface area contributed by atoms with Gasteiger partial charge in [0, 0.05) is 19.1 Å². The molecule has 0 spiro atoms. The van der Waals surface area contributed by atoms with Crippen molar-refractivity contribution in [2.24, 2.45) is 0 Å². The van der Waals surface area contributed by atoms with Crippen LogP contribution in [0.5, 0.6) is 0 Å². The van der Waals surface area contributed by atoms with E-state index in [-0.39, 0.29) is 0 Å². The summed E-state index contributed by atoms with van der Waals surface area (Å²) in [5.74, 6) is 0. The summed E-state index contributed by atoms with van der Waals surface area (Å²) in [6.45, 7) is 12.6. The fraction of sp³-hybridized carbons (Fsp3) is 0.684. The van der Waals surface area contributed by atoms with Crippen molar-refractivity contribution in [3.63, 3.8) is 0 Å². The summed E-state index contributed by atoms with van der Waals surface area (Å²) in [5.41, 5.74) is 1.53. The van der Waals surface area contributed by atoms with E-state index in [0.717, 1.165) is 26.3 Å². The highest BCUT2D eigenvalue weighted by molar-refractivity contribution is 6.90. The molecule has 0 saturated carbocycles. The Bertz CT molecular complexity index is 484. The summed E-state index contributed by atoms with van der Waals surface area (Å²) in [4.78, 5) is 4.87. The predicted molar refractivity (Wildman–Crippen MR) is 102 cm³/mol. The van der Waals surface area contributed by atoms with Gasteiger partial charge in [0.1, 0.15) is 0 Å². The SMILES string of the molecule is C[C@H](c1ccccc1[Si](C)(C)CCCN1CCOCC1)N(C)C. The zero-order valence-corrected chi connectivity index (χ0v) is 16.6. The summed E-state index contributed by atoms with van der Waals surface area (Å²) >= 11 is 0. The molecule has 1 fully saturated rings. The normalized spacial score (nSPS) is 18.3. The second kappa shape index (κ2) is 8.43. The van der Waals surface area contributed by atoms with Crippen LogP contribution in [0.1, 0.15) is 24.9 Å². The molecule has 2 rings (SSSR count). The molecule has 130 valence electrons. The first-order valence-electron chi connectivity index (χ1n) is 8.98. The maximum Gasteiger partial charge on any atom is 0.0811 e. The van der Waals surface area contributed by atoms with Crippen LogP contribution in [0.3, 0.4) is 0 Å². The minimum Gasteiger partial charge on any atom is -0.379 e. The first-order chi connectivity index (χ1) is 10.9. The van der Waals surface area contributed by atoms with Crippen molar-refractivity contribution >= 4 is 13.3 Å². The molecule has 4 heteroatoms. The van der Waals surface area contributed by atoms with Crippen molar-refractivity contribution in [3.8, 4) is 0 Å². The molecule has 0 aromatic heterocycles. The predicted octanol–water partition coefficient (Wildman–Crippen LogP) is 2.95. The van der Waals surface area contributed by atoms with Crippen molar-refractivity contribution in [3.05, 3.63) is 29.8 Å². The van der Waals surface area contributed by atoms with E-state index in [1.165, 1.54) is 24.6 Å². The fourth-order valence-corrected chi connectivity index (χ4v) is 6.39. The average molecular weight is 335 g/mol. The Balaban J connectivity index is 2.00. The van der Waals surface area contributed by atoms with Crippen LogP contribution in [-0.2, 0) is 4.74 Å². The smallest absolute Gasteiger partial charge is 0.0811 e. The van der Waals surface area contributed by atoms with Crippen LogP contribution in [0.25, 0.3) is 0 Å². The number of hydrogen-bond donors (Lipinski definition) is 0. The highest BCUT2D eigenvalue weighted by Gasteiger charge is 2.27. The van der Waals surface area contributed by atoms with Crippen LogP contribution in [0.15, 0.2) is 24.3 Å². The van der Waals surface area contributed by atoms with Crippen LogP contribution in [0.4, 0.5) is 0 Å². The molecule has 1 aliphatic rings. The molecule has 1 saturated heterocycles. The minimum absolute atomic E-state index is 0.484. The quantitative estimate of drug-likeness (QED) is 0.713. The first-order valence-corrected chi connectivity index (χ1v) is 12.2. The Labute approximate surface area is 143 Å². The van der Waals surface area contributed by atoms with Gasteiger partial charge in [0.05, 0.1) is 21.3 Å². The Hall–Kier alpha value is -0.683. The monoisotopic (exact) mass is 334 g/mol. The first kappa shape index (κ1) is 18.7. The van der Waals surface area contributed by atoms with Gasteiger partial charge in [-0.25, -0.2) is 0 Å². The lowest BCUT2D eigenvalue weighted by Crippen LogP contribution is -2.45. The van der Waals surface area contributed by atoms with Gasteiger partial charge in [-0.3, -0.25) is 4.90 Å². The van der Waals surface area contributed by atoms with Crippen LogP contribution in [0.2, 0.25) is 19.1 Å². The maximum absolute atomic E-state index is 5.44. The number of hydrogen-bond acceptors (Lipinski definition) is 3. The lowest BCUT2D eigenvalue weighted by atomic mass is 10.1. The summed E-state index contributed by atoms with van der Waals surface area (Å²) in [6, 6.07) is 11.0.